The summed E-state index contributed by atoms with van der Waals surface area (Å²) in [6.07, 6.45) is 2.25. The van der Waals surface area contributed by atoms with Crippen LogP contribution in [0.25, 0.3) is 10.9 Å². The molecule has 1 amide bonds. The van der Waals surface area contributed by atoms with E-state index in [1.807, 2.05) is 25.1 Å². The number of carbonyl (C=O) groups is 1. The molecular weight excluding hydrogens is 394 g/mol. The molecule has 4 aromatic rings. The van der Waals surface area contributed by atoms with Crippen LogP contribution in [0.15, 0.2) is 80.9 Å². The van der Waals surface area contributed by atoms with E-state index in [1.165, 1.54) is 4.57 Å². The highest BCUT2D eigenvalue weighted by molar-refractivity contribution is 5.94. The molecule has 2 aromatic heterocycles. The van der Waals surface area contributed by atoms with E-state index in [2.05, 4.69) is 5.32 Å². The number of hydrogen-bond acceptors (Lipinski definition) is 4. The Morgan fingerprint density at radius 1 is 0.968 bits per heavy atom. The molecule has 7 nitrogen and oxygen atoms in total. The number of para-hydroxylation sites is 1. The molecule has 0 spiro atoms. The molecule has 0 aliphatic rings. The molecule has 1 N–H and O–H groups in total. The fourth-order valence-electron chi connectivity index (χ4n) is 3.57. The maximum atomic E-state index is 13.0. The first-order valence-corrected chi connectivity index (χ1v) is 10.2. The summed E-state index contributed by atoms with van der Waals surface area (Å²) in [4.78, 5) is 38.1. The number of rotatable bonds is 7. The maximum absolute atomic E-state index is 13.0. The van der Waals surface area contributed by atoms with Crippen molar-refractivity contribution in [1.29, 1.82) is 0 Å². The standard InChI is InChI=1S/C24H23N3O4/c1-2-13-26-23(29)20-7-3-4-8-21(20)27(24(26)30)16-17-9-11-18(12-10-17)22(28)25-15-19-6-5-14-31-19/h3-12,14H,2,13,15-16H2,1H3,(H,25,28). The number of nitrogens with zero attached hydrogens (tertiary/aromatic N) is 2. The van der Waals surface area contributed by atoms with Crippen molar-refractivity contribution in [3.8, 4) is 0 Å². The Kier molecular flexibility index (Phi) is 5.84. The molecule has 0 fully saturated rings. The van der Waals surface area contributed by atoms with Gasteiger partial charge in [-0.25, -0.2) is 4.79 Å². The third kappa shape index (κ3) is 4.21. The number of benzene rings is 2. The summed E-state index contributed by atoms with van der Waals surface area (Å²) in [7, 11) is 0. The van der Waals surface area contributed by atoms with Gasteiger partial charge in [-0.3, -0.25) is 18.7 Å². The van der Waals surface area contributed by atoms with Crippen LogP contribution >= 0.6 is 0 Å². The minimum Gasteiger partial charge on any atom is -0.467 e. The average Bonchev–Trinajstić information content (AvgIpc) is 3.32. The molecule has 0 atom stereocenters. The van der Waals surface area contributed by atoms with Gasteiger partial charge in [0.15, 0.2) is 0 Å². The van der Waals surface area contributed by atoms with Gasteiger partial charge in [0.1, 0.15) is 5.76 Å². The van der Waals surface area contributed by atoms with Crippen molar-refractivity contribution in [2.75, 3.05) is 0 Å². The van der Waals surface area contributed by atoms with Gasteiger partial charge in [0.25, 0.3) is 11.5 Å². The van der Waals surface area contributed by atoms with Gasteiger partial charge in [0.2, 0.25) is 0 Å². The second-order valence-electron chi connectivity index (χ2n) is 7.30. The van der Waals surface area contributed by atoms with E-state index >= 15 is 0 Å². The molecule has 2 aromatic carbocycles. The van der Waals surface area contributed by atoms with Crippen LogP contribution in [-0.4, -0.2) is 15.0 Å². The Labute approximate surface area is 178 Å². The molecule has 0 radical (unpaired) electrons. The van der Waals surface area contributed by atoms with Gasteiger partial charge in [0, 0.05) is 12.1 Å². The first-order valence-electron chi connectivity index (χ1n) is 10.2. The van der Waals surface area contributed by atoms with Gasteiger partial charge in [-0.05, 0) is 48.4 Å². The minimum absolute atomic E-state index is 0.206. The predicted octanol–water partition coefficient (Wildman–Crippen LogP) is 3.14. The van der Waals surface area contributed by atoms with Crippen molar-refractivity contribution in [2.24, 2.45) is 0 Å². The van der Waals surface area contributed by atoms with Crippen LogP contribution in [0.4, 0.5) is 0 Å². The number of hydrogen-bond donors (Lipinski definition) is 1. The van der Waals surface area contributed by atoms with E-state index in [-0.39, 0.29) is 17.2 Å². The molecule has 158 valence electrons. The SMILES string of the molecule is CCCn1c(=O)c2ccccc2n(Cc2ccc(C(=O)NCc3ccco3)cc2)c1=O. The van der Waals surface area contributed by atoms with E-state index in [4.69, 9.17) is 4.42 Å². The normalized spacial score (nSPS) is 11.0. The number of aromatic nitrogens is 2. The lowest BCUT2D eigenvalue weighted by molar-refractivity contribution is 0.0948. The van der Waals surface area contributed by atoms with Crippen LogP contribution in [-0.2, 0) is 19.6 Å². The van der Waals surface area contributed by atoms with Crippen molar-refractivity contribution >= 4 is 16.8 Å². The molecule has 2 heterocycles. The molecule has 7 heteroatoms. The molecule has 0 bridgehead atoms. The summed E-state index contributed by atoms with van der Waals surface area (Å²) >= 11 is 0. The Balaban J connectivity index is 1.60. The molecule has 0 aliphatic heterocycles. The van der Waals surface area contributed by atoms with E-state index in [1.54, 1.807) is 53.3 Å². The van der Waals surface area contributed by atoms with Crippen molar-refractivity contribution in [1.82, 2.24) is 14.5 Å². The van der Waals surface area contributed by atoms with Crippen LogP contribution in [0.1, 0.15) is 35.0 Å². The van der Waals surface area contributed by atoms with Gasteiger partial charge in [-0.2, -0.15) is 0 Å². The topological polar surface area (TPSA) is 86.2 Å². The number of amides is 1. The first kappa shape index (κ1) is 20.4. The summed E-state index contributed by atoms with van der Waals surface area (Å²) in [5.41, 5.74) is 1.39. The van der Waals surface area contributed by atoms with E-state index in [0.717, 1.165) is 5.56 Å². The average molecular weight is 417 g/mol. The quantitative estimate of drug-likeness (QED) is 0.501. The van der Waals surface area contributed by atoms with Crippen molar-refractivity contribution in [3.05, 3.63) is 105 Å². The maximum Gasteiger partial charge on any atom is 0.331 e. The second-order valence-corrected chi connectivity index (χ2v) is 7.30. The van der Waals surface area contributed by atoms with Crippen LogP contribution in [0.5, 0.6) is 0 Å². The number of furan rings is 1. The number of carbonyl (C=O) groups excluding carboxylic acids is 1. The molecule has 0 aliphatic carbocycles. The van der Waals surface area contributed by atoms with Crippen LogP contribution in [0.2, 0.25) is 0 Å². The third-order valence-corrected chi connectivity index (χ3v) is 5.14. The highest BCUT2D eigenvalue weighted by Gasteiger charge is 2.13. The molecule has 0 saturated carbocycles. The lowest BCUT2D eigenvalue weighted by Crippen LogP contribution is -2.40. The summed E-state index contributed by atoms with van der Waals surface area (Å²) in [6, 6.07) is 17.8. The monoisotopic (exact) mass is 417 g/mol. The van der Waals surface area contributed by atoms with Gasteiger partial charge in [-0.15, -0.1) is 0 Å². The Morgan fingerprint density at radius 2 is 1.74 bits per heavy atom. The second kappa shape index (κ2) is 8.87. The van der Waals surface area contributed by atoms with Gasteiger partial charge < -0.3 is 9.73 Å². The zero-order valence-electron chi connectivity index (χ0n) is 17.2. The lowest BCUT2D eigenvalue weighted by Gasteiger charge is -2.14. The smallest absolute Gasteiger partial charge is 0.331 e. The third-order valence-electron chi connectivity index (χ3n) is 5.14. The fourth-order valence-corrected chi connectivity index (χ4v) is 3.57. The Bertz CT molecular complexity index is 1320. The van der Waals surface area contributed by atoms with Crippen LogP contribution in [0, 0.1) is 0 Å². The predicted molar refractivity (Wildman–Crippen MR) is 118 cm³/mol. The first-order chi connectivity index (χ1) is 15.1. The zero-order chi connectivity index (χ0) is 21.8. The highest BCUT2D eigenvalue weighted by atomic mass is 16.3. The molecule has 31 heavy (non-hydrogen) atoms. The summed E-state index contributed by atoms with van der Waals surface area (Å²) < 4.78 is 8.12. The zero-order valence-corrected chi connectivity index (χ0v) is 17.2. The Hall–Kier alpha value is -3.87. The van der Waals surface area contributed by atoms with E-state index in [9.17, 15) is 14.4 Å². The van der Waals surface area contributed by atoms with Crippen molar-refractivity contribution in [2.45, 2.75) is 33.0 Å². The largest absolute Gasteiger partial charge is 0.467 e. The summed E-state index contributed by atoms with van der Waals surface area (Å²) in [5.74, 6) is 0.473. The number of fused-ring (bicyclic) bond motifs is 1. The summed E-state index contributed by atoms with van der Waals surface area (Å²) in [5, 5.41) is 3.32. The van der Waals surface area contributed by atoms with Gasteiger partial charge in [-0.1, -0.05) is 31.2 Å². The van der Waals surface area contributed by atoms with Crippen LogP contribution < -0.4 is 16.6 Å². The van der Waals surface area contributed by atoms with Crippen molar-refractivity contribution in [3.63, 3.8) is 0 Å². The molecule has 4 rings (SSSR count). The minimum atomic E-state index is -0.328. The van der Waals surface area contributed by atoms with Gasteiger partial charge in [0.05, 0.1) is 30.3 Å². The summed E-state index contributed by atoms with van der Waals surface area (Å²) in [6.45, 7) is 2.92. The van der Waals surface area contributed by atoms with Crippen molar-refractivity contribution < 1.29 is 9.21 Å². The highest BCUT2D eigenvalue weighted by Crippen LogP contribution is 2.12. The lowest BCUT2D eigenvalue weighted by atomic mass is 10.1. The van der Waals surface area contributed by atoms with E-state index in [0.29, 0.717) is 48.3 Å². The molecule has 0 saturated heterocycles. The number of nitrogens with one attached hydrogen (secondary N) is 1. The molecule has 0 unspecified atom stereocenters. The Morgan fingerprint density at radius 3 is 2.45 bits per heavy atom. The fraction of sp³-hybridized carbons (Fsp3) is 0.208. The molecular formula is C24H23N3O4. The van der Waals surface area contributed by atoms with E-state index < -0.39 is 0 Å². The van der Waals surface area contributed by atoms with Crippen LogP contribution in [0.3, 0.4) is 0 Å². The van der Waals surface area contributed by atoms with Gasteiger partial charge >= 0.3 is 5.69 Å².